The quantitative estimate of drug-likeness (QED) is 0.455. The molecular formula is C26H23NO4. The lowest BCUT2D eigenvalue weighted by Gasteiger charge is -2.23. The molecule has 0 aliphatic heterocycles. The van der Waals surface area contributed by atoms with Crippen molar-refractivity contribution in [2.45, 2.75) is 6.04 Å². The van der Waals surface area contributed by atoms with Gasteiger partial charge in [-0.05, 0) is 46.7 Å². The number of carbonyl (C=O) groups is 1. The molecule has 1 amide bonds. The van der Waals surface area contributed by atoms with Crippen LogP contribution in [0.4, 0.5) is 0 Å². The van der Waals surface area contributed by atoms with Crippen LogP contribution in [-0.2, 0) is 4.79 Å². The molecule has 1 unspecified atom stereocenters. The van der Waals surface area contributed by atoms with E-state index in [9.17, 15) is 9.90 Å². The van der Waals surface area contributed by atoms with Gasteiger partial charge >= 0.3 is 0 Å². The molecular weight excluding hydrogens is 390 g/mol. The average Bonchev–Trinajstić information content (AvgIpc) is 2.82. The third-order valence-corrected chi connectivity index (χ3v) is 5.10. The van der Waals surface area contributed by atoms with E-state index < -0.39 is 6.04 Å². The molecule has 4 aromatic rings. The maximum atomic E-state index is 12.8. The topological polar surface area (TPSA) is 67.8 Å². The van der Waals surface area contributed by atoms with Crippen molar-refractivity contribution < 1.29 is 19.4 Å². The molecule has 0 aromatic heterocycles. The van der Waals surface area contributed by atoms with Crippen LogP contribution in [0.5, 0.6) is 17.2 Å². The molecule has 31 heavy (non-hydrogen) atoms. The van der Waals surface area contributed by atoms with Gasteiger partial charge in [-0.2, -0.15) is 0 Å². The number of amides is 1. The first-order chi connectivity index (χ1) is 15.2. The second-order valence-corrected chi connectivity index (χ2v) is 7.09. The zero-order valence-corrected chi connectivity index (χ0v) is 17.1. The molecule has 0 saturated carbocycles. The molecule has 0 aliphatic rings. The Morgan fingerprint density at radius 1 is 0.871 bits per heavy atom. The molecule has 0 aliphatic carbocycles. The number of ether oxygens (including phenoxy) is 2. The first-order valence-electron chi connectivity index (χ1n) is 9.97. The molecule has 0 radical (unpaired) electrons. The van der Waals surface area contributed by atoms with Crippen molar-refractivity contribution in [1.29, 1.82) is 0 Å². The Labute approximate surface area is 180 Å². The number of carbonyl (C=O) groups excluding carboxylic acids is 1. The number of rotatable bonds is 7. The molecule has 0 fully saturated rings. The predicted octanol–water partition coefficient (Wildman–Crippen LogP) is 4.84. The maximum Gasteiger partial charge on any atom is 0.258 e. The number of hydrogen-bond acceptors (Lipinski definition) is 4. The largest absolute Gasteiger partial charge is 0.508 e. The van der Waals surface area contributed by atoms with E-state index in [0.29, 0.717) is 17.1 Å². The van der Waals surface area contributed by atoms with Gasteiger partial charge in [-0.3, -0.25) is 4.79 Å². The predicted molar refractivity (Wildman–Crippen MR) is 121 cm³/mol. The smallest absolute Gasteiger partial charge is 0.258 e. The van der Waals surface area contributed by atoms with Gasteiger partial charge in [-0.1, -0.05) is 60.7 Å². The number of phenols is 1. The Bertz CT molecular complexity index is 1170. The Hall–Kier alpha value is -3.99. The Kier molecular flexibility index (Phi) is 6.03. The highest BCUT2D eigenvalue weighted by Crippen LogP contribution is 2.36. The number of nitrogens with one attached hydrogen (secondary N) is 1. The number of fused-ring (bicyclic) bond motifs is 1. The van der Waals surface area contributed by atoms with Crippen LogP contribution < -0.4 is 14.8 Å². The molecule has 4 rings (SSSR count). The Morgan fingerprint density at radius 3 is 2.32 bits per heavy atom. The number of hydrogen-bond donors (Lipinski definition) is 2. The second kappa shape index (κ2) is 9.22. The van der Waals surface area contributed by atoms with E-state index in [0.717, 1.165) is 16.3 Å². The normalized spacial score (nSPS) is 11.6. The van der Waals surface area contributed by atoms with Gasteiger partial charge in [0.1, 0.15) is 17.2 Å². The summed E-state index contributed by atoms with van der Waals surface area (Å²) in [5, 5.41) is 15.6. The van der Waals surface area contributed by atoms with E-state index in [1.165, 1.54) is 0 Å². The number of aromatic hydroxyl groups is 1. The minimum atomic E-state index is -0.566. The van der Waals surface area contributed by atoms with E-state index in [-0.39, 0.29) is 18.3 Å². The van der Waals surface area contributed by atoms with E-state index >= 15 is 0 Å². The van der Waals surface area contributed by atoms with Crippen molar-refractivity contribution in [2.24, 2.45) is 0 Å². The highest BCUT2D eigenvalue weighted by Gasteiger charge is 2.23. The zero-order valence-electron chi connectivity index (χ0n) is 17.1. The molecule has 1 atom stereocenters. The lowest BCUT2D eigenvalue weighted by molar-refractivity contribution is -0.123. The molecule has 5 heteroatoms. The van der Waals surface area contributed by atoms with Gasteiger partial charge in [0, 0.05) is 5.56 Å². The van der Waals surface area contributed by atoms with Gasteiger partial charge < -0.3 is 19.9 Å². The number of methoxy groups -OCH3 is 1. The molecule has 4 aromatic carbocycles. The number of para-hydroxylation sites is 1. The van der Waals surface area contributed by atoms with Gasteiger partial charge in [0.05, 0.1) is 13.2 Å². The van der Waals surface area contributed by atoms with Crippen molar-refractivity contribution in [1.82, 2.24) is 5.32 Å². The van der Waals surface area contributed by atoms with E-state index in [1.54, 1.807) is 25.3 Å². The fraction of sp³-hybridized carbons (Fsp3) is 0.115. The van der Waals surface area contributed by atoms with E-state index in [4.69, 9.17) is 9.47 Å². The monoisotopic (exact) mass is 413 g/mol. The van der Waals surface area contributed by atoms with Crippen LogP contribution in [0.3, 0.4) is 0 Å². The van der Waals surface area contributed by atoms with Gasteiger partial charge in [-0.25, -0.2) is 0 Å². The molecule has 156 valence electrons. The van der Waals surface area contributed by atoms with Gasteiger partial charge in [0.2, 0.25) is 0 Å². The zero-order chi connectivity index (χ0) is 21.6. The van der Waals surface area contributed by atoms with Crippen molar-refractivity contribution in [3.8, 4) is 17.2 Å². The maximum absolute atomic E-state index is 12.8. The number of benzene rings is 4. The van der Waals surface area contributed by atoms with Crippen molar-refractivity contribution >= 4 is 16.7 Å². The summed E-state index contributed by atoms with van der Waals surface area (Å²) >= 11 is 0. The van der Waals surface area contributed by atoms with Crippen LogP contribution in [0.1, 0.15) is 17.2 Å². The van der Waals surface area contributed by atoms with Gasteiger partial charge in [-0.15, -0.1) is 0 Å². The fourth-order valence-electron chi connectivity index (χ4n) is 3.57. The summed E-state index contributed by atoms with van der Waals surface area (Å²) in [6, 6.07) is 27.3. The minimum absolute atomic E-state index is 0.115. The molecule has 0 saturated heterocycles. The number of phenolic OH excluding ortho intramolecular Hbond substituents is 1. The average molecular weight is 413 g/mol. The lowest BCUT2D eigenvalue weighted by Crippen LogP contribution is -2.33. The third-order valence-electron chi connectivity index (χ3n) is 5.10. The van der Waals surface area contributed by atoms with Gasteiger partial charge in [0.25, 0.3) is 5.91 Å². The summed E-state index contributed by atoms with van der Waals surface area (Å²) < 4.78 is 10.9. The molecule has 2 N–H and O–H groups in total. The standard InChI is InChI=1S/C26H23NO4/c1-30-20-14-11-19(12-15-20)26(27-24(29)17-31-21-8-3-2-4-9-21)25-22-10-6-5-7-18(22)13-16-23(25)28/h2-16,26,28H,17H2,1H3,(H,27,29). The van der Waals surface area contributed by atoms with E-state index in [2.05, 4.69) is 5.32 Å². The molecule has 0 spiro atoms. The van der Waals surface area contributed by atoms with Crippen LogP contribution >= 0.6 is 0 Å². The molecule has 0 bridgehead atoms. The van der Waals surface area contributed by atoms with Crippen molar-refractivity contribution in [2.75, 3.05) is 13.7 Å². The lowest BCUT2D eigenvalue weighted by atomic mass is 9.92. The molecule has 0 heterocycles. The van der Waals surface area contributed by atoms with Crippen molar-refractivity contribution in [3.05, 3.63) is 102 Å². The van der Waals surface area contributed by atoms with Crippen LogP contribution in [0.25, 0.3) is 10.8 Å². The Morgan fingerprint density at radius 2 is 1.58 bits per heavy atom. The summed E-state index contributed by atoms with van der Waals surface area (Å²) in [4.78, 5) is 12.8. The second-order valence-electron chi connectivity index (χ2n) is 7.09. The highest BCUT2D eigenvalue weighted by molar-refractivity contribution is 5.89. The first-order valence-corrected chi connectivity index (χ1v) is 9.97. The summed E-state index contributed by atoms with van der Waals surface area (Å²) in [6.07, 6.45) is 0. The third kappa shape index (κ3) is 4.61. The van der Waals surface area contributed by atoms with Crippen LogP contribution in [0.15, 0.2) is 91.0 Å². The van der Waals surface area contributed by atoms with Gasteiger partial charge in [0.15, 0.2) is 6.61 Å². The van der Waals surface area contributed by atoms with Crippen LogP contribution in [0.2, 0.25) is 0 Å². The highest BCUT2D eigenvalue weighted by atomic mass is 16.5. The summed E-state index contributed by atoms with van der Waals surface area (Å²) in [7, 11) is 1.60. The van der Waals surface area contributed by atoms with Crippen LogP contribution in [0, 0.1) is 0 Å². The fourth-order valence-corrected chi connectivity index (χ4v) is 3.57. The summed E-state index contributed by atoms with van der Waals surface area (Å²) in [6.45, 7) is -0.137. The minimum Gasteiger partial charge on any atom is -0.508 e. The van der Waals surface area contributed by atoms with E-state index in [1.807, 2.05) is 72.8 Å². The summed E-state index contributed by atoms with van der Waals surface area (Å²) in [5.41, 5.74) is 1.46. The SMILES string of the molecule is COc1ccc(C(NC(=O)COc2ccccc2)c2c(O)ccc3ccccc23)cc1. The summed E-state index contributed by atoms with van der Waals surface area (Å²) in [5.74, 6) is 1.15. The first kappa shape index (κ1) is 20.3. The molecule has 5 nitrogen and oxygen atoms in total. The Balaban J connectivity index is 1.68. The van der Waals surface area contributed by atoms with Crippen molar-refractivity contribution in [3.63, 3.8) is 0 Å². The van der Waals surface area contributed by atoms with Crippen LogP contribution in [-0.4, -0.2) is 24.7 Å².